The lowest BCUT2D eigenvalue weighted by molar-refractivity contribution is -0.132. The highest BCUT2D eigenvalue weighted by Crippen LogP contribution is 2.32. The maximum Gasteiger partial charge on any atom is 0.270 e. The summed E-state index contributed by atoms with van der Waals surface area (Å²) in [5, 5.41) is 3.16. The fourth-order valence-corrected chi connectivity index (χ4v) is 3.63. The molecule has 4 rings (SSSR count). The lowest BCUT2D eigenvalue weighted by Gasteiger charge is -2.41. The van der Waals surface area contributed by atoms with E-state index in [1.54, 1.807) is 31.4 Å². The summed E-state index contributed by atoms with van der Waals surface area (Å²) in [4.78, 5) is 27.2. The highest BCUT2D eigenvalue weighted by atomic mass is 16.5. The molecule has 5 nitrogen and oxygen atoms in total. The lowest BCUT2D eigenvalue weighted by Crippen LogP contribution is -2.51. The Labute approximate surface area is 152 Å². The Bertz CT molecular complexity index is 886. The maximum absolute atomic E-state index is 12.9. The summed E-state index contributed by atoms with van der Waals surface area (Å²) in [7, 11) is 1.58. The van der Waals surface area contributed by atoms with E-state index in [9.17, 15) is 9.59 Å². The zero-order valence-corrected chi connectivity index (χ0v) is 14.6. The average molecular weight is 348 g/mol. The van der Waals surface area contributed by atoms with Gasteiger partial charge in [-0.15, -0.1) is 0 Å². The molecule has 2 aliphatic rings. The van der Waals surface area contributed by atoms with Crippen LogP contribution < -0.4 is 10.1 Å². The number of benzene rings is 2. The third-order valence-electron chi connectivity index (χ3n) is 5.04. The van der Waals surface area contributed by atoms with E-state index in [1.165, 1.54) is 17.2 Å². The van der Waals surface area contributed by atoms with Crippen LogP contribution in [0.4, 0.5) is 0 Å². The Hall–Kier alpha value is -3.08. The normalized spacial score (nSPS) is 20.2. The molecule has 2 aliphatic heterocycles. The van der Waals surface area contributed by atoms with Crippen LogP contribution in [-0.2, 0) is 11.2 Å². The van der Waals surface area contributed by atoms with E-state index in [2.05, 4.69) is 17.4 Å². The first kappa shape index (κ1) is 16.4. The molecule has 1 saturated heterocycles. The number of ketones is 1. The van der Waals surface area contributed by atoms with Gasteiger partial charge in [-0.3, -0.25) is 9.59 Å². The number of piperazine rings is 1. The molecule has 132 valence electrons. The van der Waals surface area contributed by atoms with Crippen molar-refractivity contribution in [3.63, 3.8) is 0 Å². The van der Waals surface area contributed by atoms with Crippen molar-refractivity contribution in [1.82, 2.24) is 10.2 Å². The Balaban J connectivity index is 1.55. The summed E-state index contributed by atoms with van der Waals surface area (Å²) < 4.78 is 5.10. The van der Waals surface area contributed by atoms with Crippen molar-refractivity contribution in [2.75, 3.05) is 20.2 Å². The second kappa shape index (κ2) is 6.67. The monoisotopic (exact) mass is 348 g/mol. The molecule has 26 heavy (non-hydrogen) atoms. The van der Waals surface area contributed by atoms with Gasteiger partial charge in [0.05, 0.1) is 13.2 Å². The van der Waals surface area contributed by atoms with E-state index >= 15 is 0 Å². The fraction of sp³-hybridized carbons (Fsp3) is 0.238. The van der Waals surface area contributed by atoms with Crippen molar-refractivity contribution < 1.29 is 14.3 Å². The first-order chi connectivity index (χ1) is 12.7. The van der Waals surface area contributed by atoms with Crippen molar-refractivity contribution in [3.8, 4) is 5.75 Å². The standard InChI is InChI=1S/C21H20N2O3/c1-26-16-8-6-15(7-9-16)20(24)12-18-21(25)23-11-10-14-4-2-3-5-17(14)19(23)13-22-18/h2-9,12,19,22H,10-11,13H2,1H3/b18-12+. The molecule has 5 heteroatoms. The lowest BCUT2D eigenvalue weighted by atomic mass is 9.90. The number of allylic oxidation sites excluding steroid dienone is 1. The van der Waals surface area contributed by atoms with E-state index in [0.29, 0.717) is 30.1 Å². The molecular weight excluding hydrogens is 328 g/mol. The number of amides is 1. The molecule has 1 atom stereocenters. The van der Waals surface area contributed by atoms with E-state index < -0.39 is 0 Å². The van der Waals surface area contributed by atoms with Gasteiger partial charge in [-0.25, -0.2) is 0 Å². The number of nitrogens with one attached hydrogen (secondary N) is 1. The largest absolute Gasteiger partial charge is 0.497 e. The van der Waals surface area contributed by atoms with Crippen LogP contribution in [0.15, 0.2) is 60.3 Å². The van der Waals surface area contributed by atoms with Gasteiger partial charge in [0.25, 0.3) is 5.91 Å². The van der Waals surface area contributed by atoms with Crippen LogP contribution in [0.5, 0.6) is 5.75 Å². The van der Waals surface area contributed by atoms with Gasteiger partial charge >= 0.3 is 0 Å². The van der Waals surface area contributed by atoms with Gasteiger partial charge in [0.2, 0.25) is 0 Å². The summed E-state index contributed by atoms with van der Waals surface area (Å²) >= 11 is 0. The molecule has 2 aromatic rings. The van der Waals surface area contributed by atoms with Gasteiger partial charge in [-0.05, 0) is 41.8 Å². The third kappa shape index (κ3) is 2.86. The van der Waals surface area contributed by atoms with E-state index in [1.807, 2.05) is 17.0 Å². The van der Waals surface area contributed by atoms with Crippen LogP contribution in [0, 0.1) is 0 Å². The van der Waals surface area contributed by atoms with Gasteiger partial charge in [0, 0.05) is 24.7 Å². The number of methoxy groups -OCH3 is 1. The molecule has 2 heterocycles. The zero-order valence-electron chi connectivity index (χ0n) is 14.6. The second-order valence-corrected chi connectivity index (χ2v) is 6.49. The van der Waals surface area contributed by atoms with E-state index in [4.69, 9.17) is 4.74 Å². The number of rotatable bonds is 3. The SMILES string of the molecule is COc1ccc(C(=O)/C=C2/NCC3c4ccccc4CCN3C2=O)cc1. The number of carbonyl (C=O) groups is 2. The Morgan fingerprint density at radius 2 is 1.96 bits per heavy atom. The van der Waals surface area contributed by atoms with Gasteiger partial charge in [0.15, 0.2) is 5.78 Å². The number of hydrogen-bond acceptors (Lipinski definition) is 4. The number of carbonyl (C=O) groups excluding carboxylic acids is 2. The minimum Gasteiger partial charge on any atom is -0.497 e. The molecule has 1 unspecified atom stereocenters. The highest BCUT2D eigenvalue weighted by Gasteiger charge is 2.36. The molecule has 0 bridgehead atoms. The van der Waals surface area contributed by atoms with Crippen LogP contribution in [0.2, 0.25) is 0 Å². The van der Waals surface area contributed by atoms with Gasteiger partial charge < -0.3 is 15.0 Å². The molecule has 0 aliphatic carbocycles. The molecule has 0 radical (unpaired) electrons. The predicted octanol–water partition coefficient (Wildman–Crippen LogP) is 2.49. The van der Waals surface area contributed by atoms with Gasteiger partial charge in [-0.2, -0.15) is 0 Å². The summed E-state index contributed by atoms with van der Waals surface area (Å²) in [5.74, 6) is 0.382. The van der Waals surface area contributed by atoms with Crippen LogP contribution >= 0.6 is 0 Å². The molecule has 0 saturated carbocycles. The van der Waals surface area contributed by atoms with E-state index in [-0.39, 0.29) is 17.7 Å². The van der Waals surface area contributed by atoms with Crippen molar-refractivity contribution in [3.05, 3.63) is 77.0 Å². The Morgan fingerprint density at radius 1 is 1.19 bits per heavy atom. The highest BCUT2D eigenvalue weighted by molar-refractivity contribution is 6.09. The summed E-state index contributed by atoms with van der Waals surface area (Å²) in [6.45, 7) is 1.29. The van der Waals surface area contributed by atoms with Gasteiger partial charge in [0.1, 0.15) is 11.4 Å². The minimum absolute atomic E-state index is 0.0284. The topological polar surface area (TPSA) is 58.6 Å². The van der Waals surface area contributed by atoms with Crippen molar-refractivity contribution in [2.45, 2.75) is 12.5 Å². The number of fused-ring (bicyclic) bond motifs is 3. The van der Waals surface area contributed by atoms with Crippen molar-refractivity contribution in [2.24, 2.45) is 0 Å². The van der Waals surface area contributed by atoms with Crippen LogP contribution in [0.3, 0.4) is 0 Å². The van der Waals surface area contributed by atoms with Crippen LogP contribution in [0.25, 0.3) is 0 Å². The van der Waals surface area contributed by atoms with Crippen LogP contribution in [-0.4, -0.2) is 36.8 Å². The molecule has 1 fully saturated rings. The average Bonchev–Trinajstić information content (AvgIpc) is 2.69. The smallest absolute Gasteiger partial charge is 0.270 e. The molecule has 0 aromatic heterocycles. The summed E-state index contributed by atoms with van der Waals surface area (Å²) in [5.41, 5.74) is 3.38. The quantitative estimate of drug-likeness (QED) is 0.684. The summed E-state index contributed by atoms with van der Waals surface area (Å²) in [6, 6.07) is 15.1. The molecule has 0 spiro atoms. The zero-order chi connectivity index (χ0) is 18.1. The Kier molecular flexibility index (Phi) is 4.21. The molecule has 2 aromatic carbocycles. The molecular formula is C21H20N2O3. The fourth-order valence-electron chi connectivity index (χ4n) is 3.63. The number of nitrogens with zero attached hydrogens (tertiary/aromatic N) is 1. The Morgan fingerprint density at radius 3 is 2.73 bits per heavy atom. The number of ether oxygens (including phenoxy) is 1. The van der Waals surface area contributed by atoms with Gasteiger partial charge in [-0.1, -0.05) is 24.3 Å². The second-order valence-electron chi connectivity index (χ2n) is 6.49. The first-order valence-electron chi connectivity index (χ1n) is 8.70. The molecule has 1 N–H and O–H groups in total. The van der Waals surface area contributed by atoms with E-state index in [0.717, 1.165) is 6.42 Å². The predicted molar refractivity (Wildman–Crippen MR) is 98.0 cm³/mol. The van der Waals surface area contributed by atoms with Crippen LogP contribution in [0.1, 0.15) is 27.5 Å². The minimum atomic E-state index is -0.195. The first-order valence-corrected chi connectivity index (χ1v) is 8.70. The maximum atomic E-state index is 12.9. The third-order valence-corrected chi connectivity index (χ3v) is 5.04. The summed E-state index contributed by atoms with van der Waals surface area (Å²) in [6.07, 6.45) is 2.25. The van der Waals surface area contributed by atoms with Crippen molar-refractivity contribution in [1.29, 1.82) is 0 Å². The molecule has 1 amide bonds. The van der Waals surface area contributed by atoms with Crippen molar-refractivity contribution >= 4 is 11.7 Å². The number of hydrogen-bond donors (Lipinski definition) is 1.